The predicted molar refractivity (Wildman–Crippen MR) is 126 cm³/mol. The molecule has 0 aliphatic rings. The van der Waals surface area contributed by atoms with Crippen molar-refractivity contribution in [1.82, 2.24) is 9.97 Å². The molecule has 31 heavy (non-hydrogen) atoms. The summed E-state index contributed by atoms with van der Waals surface area (Å²) >= 11 is 2.91. The first-order valence-corrected chi connectivity index (χ1v) is 11.8. The normalized spacial score (nSPS) is 10.6. The Kier molecular flexibility index (Phi) is 8.20. The quantitative estimate of drug-likeness (QED) is 0.204. The van der Waals surface area contributed by atoms with E-state index in [1.54, 1.807) is 7.11 Å². The second-order valence-electron chi connectivity index (χ2n) is 6.71. The van der Waals surface area contributed by atoms with Crippen molar-refractivity contribution in [3.8, 4) is 5.75 Å². The fourth-order valence-electron chi connectivity index (χ4n) is 2.80. The first-order valence-electron chi connectivity index (χ1n) is 9.63. The summed E-state index contributed by atoms with van der Waals surface area (Å²) in [6, 6.07) is 16.0. The minimum atomic E-state index is -0.462. The lowest BCUT2D eigenvalue weighted by Gasteiger charge is -2.15. The molecule has 0 amide bonds. The summed E-state index contributed by atoms with van der Waals surface area (Å²) < 4.78 is 10.3. The maximum absolute atomic E-state index is 12.6. The molecule has 1 N–H and O–H groups in total. The molecule has 1 aromatic heterocycles. The molecule has 3 aromatic rings. The minimum Gasteiger partial charge on any atom is -0.497 e. The van der Waals surface area contributed by atoms with Gasteiger partial charge in [0.2, 0.25) is 0 Å². The first-order chi connectivity index (χ1) is 15.0. The Balaban J connectivity index is 1.87. The highest BCUT2D eigenvalue weighted by atomic mass is 32.2. The SMILES string of the molecule is COC(=O)c1c(NCc2ccc(C)cc2)nc(SC)nc1SCc1ccc(OC)cc1. The van der Waals surface area contributed by atoms with E-state index >= 15 is 0 Å². The van der Waals surface area contributed by atoms with Crippen LogP contribution in [0.15, 0.2) is 58.7 Å². The molecule has 0 bridgehead atoms. The first kappa shape index (κ1) is 23.0. The van der Waals surface area contributed by atoms with Crippen molar-refractivity contribution < 1.29 is 14.3 Å². The summed E-state index contributed by atoms with van der Waals surface area (Å²) in [5.74, 6) is 1.47. The molecule has 0 radical (unpaired) electrons. The molecule has 0 saturated carbocycles. The van der Waals surface area contributed by atoms with Gasteiger partial charge in [0.15, 0.2) is 5.16 Å². The molecule has 0 saturated heterocycles. The highest BCUT2D eigenvalue weighted by molar-refractivity contribution is 7.99. The minimum absolute atomic E-state index is 0.353. The Bertz CT molecular complexity index is 1030. The second kappa shape index (κ2) is 11.1. The zero-order valence-electron chi connectivity index (χ0n) is 18.0. The summed E-state index contributed by atoms with van der Waals surface area (Å²) in [7, 11) is 3.01. The van der Waals surface area contributed by atoms with E-state index < -0.39 is 5.97 Å². The van der Waals surface area contributed by atoms with Gasteiger partial charge in [0.1, 0.15) is 22.2 Å². The van der Waals surface area contributed by atoms with Crippen LogP contribution in [0.2, 0.25) is 0 Å². The number of carbonyl (C=O) groups excluding carboxylic acids is 1. The fraction of sp³-hybridized carbons (Fsp3) is 0.261. The van der Waals surface area contributed by atoms with E-state index in [2.05, 4.69) is 39.6 Å². The number of aryl methyl sites for hydroxylation is 1. The highest BCUT2D eigenvalue weighted by Crippen LogP contribution is 2.31. The maximum Gasteiger partial charge on any atom is 0.344 e. The molecule has 8 heteroatoms. The molecule has 0 aliphatic heterocycles. The molecule has 3 rings (SSSR count). The van der Waals surface area contributed by atoms with E-state index in [0.717, 1.165) is 16.9 Å². The number of carbonyl (C=O) groups is 1. The number of methoxy groups -OCH3 is 2. The maximum atomic E-state index is 12.6. The molecule has 0 unspecified atom stereocenters. The van der Waals surface area contributed by atoms with Gasteiger partial charge in [0, 0.05) is 12.3 Å². The van der Waals surface area contributed by atoms with Gasteiger partial charge in [-0.2, -0.15) is 0 Å². The fourth-order valence-corrected chi connectivity index (χ4v) is 4.19. The van der Waals surface area contributed by atoms with Crippen LogP contribution in [0.1, 0.15) is 27.0 Å². The highest BCUT2D eigenvalue weighted by Gasteiger charge is 2.22. The van der Waals surface area contributed by atoms with E-state index in [0.29, 0.717) is 33.9 Å². The number of hydrogen-bond donors (Lipinski definition) is 1. The summed E-state index contributed by atoms with van der Waals surface area (Å²) in [6.45, 7) is 2.59. The Labute approximate surface area is 191 Å². The number of nitrogens with one attached hydrogen (secondary N) is 1. The van der Waals surface area contributed by atoms with Crippen molar-refractivity contribution >= 4 is 35.3 Å². The lowest BCUT2D eigenvalue weighted by Crippen LogP contribution is -2.13. The van der Waals surface area contributed by atoms with Crippen LogP contribution in [0.3, 0.4) is 0 Å². The molecule has 0 aliphatic carbocycles. The van der Waals surface area contributed by atoms with Gasteiger partial charge in [-0.1, -0.05) is 53.7 Å². The van der Waals surface area contributed by atoms with Gasteiger partial charge < -0.3 is 14.8 Å². The Hall–Kier alpha value is -2.71. The van der Waals surface area contributed by atoms with Crippen LogP contribution in [0, 0.1) is 6.92 Å². The lowest BCUT2D eigenvalue weighted by molar-refractivity contribution is 0.0596. The van der Waals surface area contributed by atoms with Crippen LogP contribution in [-0.4, -0.2) is 36.4 Å². The number of aromatic nitrogens is 2. The van der Waals surface area contributed by atoms with Crippen molar-refractivity contribution in [3.05, 3.63) is 70.8 Å². The predicted octanol–water partition coefficient (Wildman–Crippen LogP) is 5.21. The molecule has 162 valence electrons. The van der Waals surface area contributed by atoms with E-state index in [4.69, 9.17) is 9.47 Å². The van der Waals surface area contributed by atoms with Crippen LogP contribution in [0.25, 0.3) is 0 Å². The molecule has 1 heterocycles. The molecule has 0 fully saturated rings. The van der Waals surface area contributed by atoms with Crippen molar-refractivity contribution in [2.24, 2.45) is 0 Å². The number of rotatable bonds is 9. The average Bonchev–Trinajstić information content (AvgIpc) is 2.81. The Morgan fingerprint density at radius 3 is 2.29 bits per heavy atom. The lowest BCUT2D eigenvalue weighted by atomic mass is 10.1. The van der Waals surface area contributed by atoms with Crippen LogP contribution in [-0.2, 0) is 17.0 Å². The van der Waals surface area contributed by atoms with Crippen LogP contribution in [0.5, 0.6) is 5.75 Å². The van der Waals surface area contributed by atoms with Crippen LogP contribution >= 0.6 is 23.5 Å². The van der Waals surface area contributed by atoms with Crippen LogP contribution < -0.4 is 10.1 Å². The van der Waals surface area contributed by atoms with Gasteiger partial charge in [-0.15, -0.1) is 11.8 Å². The van der Waals surface area contributed by atoms with Crippen molar-refractivity contribution in [2.45, 2.75) is 29.4 Å². The van der Waals surface area contributed by atoms with Gasteiger partial charge >= 0.3 is 5.97 Å². The van der Waals surface area contributed by atoms with Gasteiger partial charge in [-0.25, -0.2) is 14.8 Å². The topological polar surface area (TPSA) is 73.3 Å². The number of ether oxygens (including phenoxy) is 2. The molecule has 2 aromatic carbocycles. The molecule has 6 nitrogen and oxygen atoms in total. The van der Waals surface area contributed by atoms with E-state index in [1.807, 2.05) is 37.4 Å². The monoisotopic (exact) mass is 455 g/mol. The van der Waals surface area contributed by atoms with E-state index in [1.165, 1.54) is 36.2 Å². The number of esters is 1. The summed E-state index contributed by atoms with van der Waals surface area (Å²) in [5.41, 5.74) is 3.74. The standard InChI is InChI=1S/C23H25N3O3S2/c1-15-5-7-16(8-6-15)13-24-20-19(22(27)29-3)21(26-23(25-20)30-4)31-14-17-9-11-18(28-2)12-10-17/h5-12H,13-14H2,1-4H3,(H,24,25,26). The second-order valence-corrected chi connectivity index (χ2v) is 8.44. The molecular formula is C23H25N3O3S2. The molecular weight excluding hydrogens is 430 g/mol. The number of benzene rings is 2. The number of hydrogen-bond acceptors (Lipinski definition) is 8. The zero-order chi connectivity index (χ0) is 22.2. The van der Waals surface area contributed by atoms with Gasteiger partial charge in [-0.3, -0.25) is 0 Å². The van der Waals surface area contributed by atoms with E-state index in [9.17, 15) is 4.79 Å². The Morgan fingerprint density at radius 1 is 1.00 bits per heavy atom. The number of anilines is 1. The molecule has 0 atom stereocenters. The zero-order valence-corrected chi connectivity index (χ0v) is 19.6. The van der Waals surface area contributed by atoms with Gasteiger partial charge in [0.25, 0.3) is 0 Å². The smallest absolute Gasteiger partial charge is 0.344 e. The third kappa shape index (κ3) is 6.15. The third-order valence-corrected chi connectivity index (χ3v) is 6.14. The van der Waals surface area contributed by atoms with E-state index in [-0.39, 0.29) is 0 Å². The van der Waals surface area contributed by atoms with Gasteiger partial charge in [0.05, 0.1) is 14.2 Å². The summed E-state index contributed by atoms with van der Waals surface area (Å²) in [6.07, 6.45) is 1.91. The summed E-state index contributed by atoms with van der Waals surface area (Å²) in [5, 5.41) is 4.48. The van der Waals surface area contributed by atoms with Crippen LogP contribution in [0.4, 0.5) is 5.82 Å². The average molecular weight is 456 g/mol. The molecule has 0 spiro atoms. The summed E-state index contributed by atoms with van der Waals surface area (Å²) in [4.78, 5) is 21.8. The van der Waals surface area contributed by atoms with Crippen molar-refractivity contribution in [3.63, 3.8) is 0 Å². The van der Waals surface area contributed by atoms with Crippen molar-refractivity contribution in [1.29, 1.82) is 0 Å². The number of nitrogens with zero attached hydrogens (tertiary/aromatic N) is 2. The van der Waals surface area contributed by atoms with Crippen molar-refractivity contribution in [2.75, 3.05) is 25.8 Å². The largest absolute Gasteiger partial charge is 0.497 e. The Morgan fingerprint density at radius 2 is 1.68 bits per heavy atom. The number of thioether (sulfide) groups is 2. The van der Waals surface area contributed by atoms with Gasteiger partial charge in [-0.05, 0) is 36.4 Å². The third-order valence-electron chi connectivity index (χ3n) is 4.54.